The predicted octanol–water partition coefficient (Wildman–Crippen LogP) is 4.85. The van der Waals surface area contributed by atoms with Gasteiger partial charge < -0.3 is 15.4 Å². The fourth-order valence-corrected chi connectivity index (χ4v) is 4.38. The molecular formula is C22H24ClN5O3S. The molecule has 3 aromatic rings. The van der Waals surface area contributed by atoms with Crippen molar-refractivity contribution >= 4 is 44.6 Å². The summed E-state index contributed by atoms with van der Waals surface area (Å²) in [5.74, 6) is 1.65. The number of aromatic nitrogens is 2. The zero-order valence-electron chi connectivity index (χ0n) is 17.5. The Morgan fingerprint density at radius 1 is 0.969 bits per heavy atom. The van der Waals surface area contributed by atoms with E-state index in [2.05, 4.69) is 25.3 Å². The molecule has 3 N–H and O–H groups in total. The average Bonchev–Trinajstić information content (AvgIpc) is 3.30. The zero-order valence-corrected chi connectivity index (χ0v) is 19.1. The Labute approximate surface area is 192 Å². The number of nitrogens with one attached hydrogen (secondary N) is 3. The number of hydrogen-bond acceptors (Lipinski definition) is 7. The molecule has 1 heterocycles. The van der Waals surface area contributed by atoms with Crippen LogP contribution in [0.1, 0.15) is 25.7 Å². The number of hydrogen-bond donors (Lipinski definition) is 3. The normalized spacial score (nSPS) is 14.3. The van der Waals surface area contributed by atoms with Gasteiger partial charge in [-0.15, -0.1) is 0 Å². The van der Waals surface area contributed by atoms with Crippen LogP contribution in [0, 0.1) is 0 Å². The number of ether oxygens (including phenoxy) is 1. The van der Waals surface area contributed by atoms with Gasteiger partial charge in [-0.1, -0.05) is 11.6 Å². The molecule has 10 heteroatoms. The van der Waals surface area contributed by atoms with Gasteiger partial charge in [-0.25, -0.2) is 23.1 Å². The second-order valence-corrected chi connectivity index (χ2v) is 9.76. The third kappa shape index (κ3) is 5.48. The van der Waals surface area contributed by atoms with E-state index < -0.39 is 10.0 Å². The molecule has 0 unspecified atom stereocenters. The Kier molecular flexibility index (Phi) is 6.78. The predicted molar refractivity (Wildman–Crippen MR) is 126 cm³/mol. The molecule has 0 atom stereocenters. The molecule has 32 heavy (non-hydrogen) atoms. The van der Waals surface area contributed by atoms with Crippen LogP contribution >= 0.6 is 11.6 Å². The quantitative estimate of drug-likeness (QED) is 0.429. The summed E-state index contributed by atoms with van der Waals surface area (Å²) < 4.78 is 33.1. The van der Waals surface area contributed by atoms with E-state index in [0.717, 1.165) is 31.4 Å². The molecule has 0 bridgehead atoms. The molecule has 1 aliphatic carbocycles. The molecule has 0 saturated heterocycles. The summed E-state index contributed by atoms with van der Waals surface area (Å²) >= 11 is 5.94. The van der Waals surface area contributed by atoms with Gasteiger partial charge in [0.15, 0.2) is 0 Å². The van der Waals surface area contributed by atoms with E-state index in [1.54, 1.807) is 30.3 Å². The van der Waals surface area contributed by atoms with Crippen molar-refractivity contribution in [2.45, 2.75) is 36.7 Å². The first-order valence-corrected chi connectivity index (χ1v) is 12.1. The maximum Gasteiger partial charge on any atom is 0.240 e. The molecule has 1 aliphatic rings. The minimum absolute atomic E-state index is 0.120. The molecule has 0 amide bonds. The van der Waals surface area contributed by atoms with E-state index in [0.29, 0.717) is 28.1 Å². The van der Waals surface area contributed by atoms with Crippen LogP contribution in [0.5, 0.6) is 5.75 Å². The second-order valence-electron chi connectivity index (χ2n) is 7.44. The van der Waals surface area contributed by atoms with Crippen molar-refractivity contribution in [3.63, 3.8) is 0 Å². The summed E-state index contributed by atoms with van der Waals surface area (Å²) in [6, 6.07) is 13.7. The molecule has 2 aromatic carbocycles. The first kappa shape index (κ1) is 22.3. The van der Waals surface area contributed by atoms with Crippen LogP contribution in [0.15, 0.2) is 59.8 Å². The SMILES string of the molecule is CNS(=O)(=O)c1ccc(OC2CCCC2)c(Nc2cc(Nc3ccc(Cl)cc3)ncn2)c1. The van der Waals surface area contributed by atoms with Gasteiger partial charge in [-0.05, 0) is 75.2 Å². The van der Waals surface area contributed by atoms with E-state index in [9.17, 15) is 8.42 Å². The van der Waals surface area contributed by atoms with Gasteiger partial charge in [-0.3, -0.25) is 0 Å². The average molecular weight is 474 g/mol. The smallest absolute Gasteiger partial charge is 0.240 e. The lowest BCUT2D eigenvalue weighted by molar-refractivity contribution is 0.211. The minimum atomic E-state index is -3.61. The first-order valence-electron chi connectivity index (χ1n) is 10.3. The van der Waals surface area contributed by atoms with Crippen molar-refractivity contribution in [1.29, 1.82) is 0 Å². The lowest BCUT2D eigenvalue weighted by Crippen LogP contribution is -2.19. The Morgan fingerprint density at radius 2 is 1.66 bits per heavy atom. The van der Waals surface area contributed by atoms with E-state index in [1.165, 1.54) is 19.4 Å². The third-order valence-electron chi connectivity index (χ3n) is 5.17. The summed E-state index contributed by atoms with van der Waals surface area (Å²) in [4.78, 5) is 8.65. The molecule has 4 rings (SSSR count). The third-order valence-corrected chi connectivity index (χ3v) is 6.84. The molecule has 1 fully saturated rings. The van der Waals surface area contributed by atoms with Gasteiger partial charge in [0, 0.05) is 16.8 Å². The van der Waals surface area contributed by atoms with Crippen molar-refractivity contribution in [3.05, 3.63) is 59.9 Å². The van der Waals surface area contributed by atoms with Crippen LogP contribution in [0.25, 0.3) is 0 Å². The number of rotatable bonds is 8. The summed E-state index contributed by atoms with van der Waals surface area (Å²) in [7, 11) is -2.23. The molecule has 0 spiro atoms. The monoisotopic (exact) mass is 473 g/mol. The number of benzene rings is 2. The van der Waals surface area contributed by atoms with E-state index in [4.69, 9.17) is 16.3 Å². The lowest BCUT2D eigenvalue weighted by Gasteiger charge is -2.18. The molecular weight excluding hydrogens is 450 g/mol. The van der Waals surface area contributed by atoms with E-state index >= 15 is 0 Å². The highest BCUT2D eigenvalue weighted by Crippen LogP contribution is 2.34. The van der Waals surface area contributed by atoms with Crippen LogP contribution < -0.4 is 20.1 Å². The zero-order chi connectivity index (χ0) is 22.6. The summed E-state index contributed by atoms with van der Waals surface area (Å²) in [5, 5.41) is 7.02. The first-order chi connectivity index (χ1) is 15.4. The fraction of sp³-hybridized carbons (Fsp3) is 0.273. The van der Waals surface area contributed by atoms with Gasteiger partial charge >= 0.3 is 0 Å². The maximum atomic E-state index is 12.3. The molecule has 168 valence electrons. The van der Waals surface area contributed by atoms with Crippen molar-refractivity contribution in [2.75, 3.05) is 17.7 Å². The van der Waals surface area contributed by atoms with Crippen LogP contribution in [0.2, 0.25) is 5.02 Å². The summed E-state index contributed by atoms with van der Waals surface area (Å²) in [6.07, 6.45) is 5.77. The van der Waals surface area contributed by atoms with Crippen molar-refractivity contribution in [3.8, 4) is 5.75 Å². The maximum absolute atomic E-state index is 12.3. The molecule has 0 radical (unpaired) electrons. The van der Waals surface area contributed by atoms with Crippen molar-refractivity contribution in [2.24, 2.45) is 0 Å². The Hall–Kier alpha value is -2.88. The summed E-state index contributed by atoms with van der Waals surface area (Å²) in [6.45, 7) is 0. The standard InChI is InChI=1S/C22H24ClN5O3S/c1-24-32(29,30)18-10-11-20(31-17-4-2-3-5-17)19(12-18)28-22-13-21(25-14-26-22)27-16-8-6-15(23)7-9-16/h6-14,17,24H,2-5H2,1H3,(H2,25,26,27,28). The number of halogens is 1. The van der Waals surface area contributed by atoms with Crippen molar-refractivity contribution in [1.82, 2.24) is 14.7 Å². The minimum Gasteiger partial charge on any atom is -0.488 e. The number of anilines is 4. The van der Waals surface area contributed by atoms with Gasteiger partial charge in [-0.2, -0.15) is 0 Å². The van der Waals surface area contributed by atoms with Crippen LogP contribution in [0.4, 0.5) is 23.0 Å². The topological polar surface area (TPSA) is 105 Å². The molecule has 8 nitrogen and oxygen atoms in total. The van der Waals surface area contributed by atoms with Crippen LogP contribution in [-0.2, 0) is 10.0 Å². The molecule has 0 aliphatic heterocycles. The van der Waals surface area contributed by atoms with Gasteiger partial charge in [0.25, 0.3) is 0 Å². The highest BCUT2D eigenvalue weighted by Gasteiger charge is 2.20. The van der Waals surface area contributed by atoms with Gasteiger partial charge in [0.2, 0.25) is 10.0 Å². The lowest BCUT2D eigenvalue weighted by atomic mass is 10.2. The highest BCUT2D eigenvalue weighted by molar-refractivity contribution is 7.89. The van der Waals surface area contributed by atoms with Crippen molar-refractivity contribution < 1.29 is 13.2 Å². The molecule has 1 saturated carbocycles. The Balaban J connectivity index is 1.61. The fourth-order valence-electron chi connectivity index (χ4n) is 3.49. The highest BCUT2D eigenvalue weighted by atomic mass is 35.5. The van der Waals surface area contributed by atoms with E-state index in [1.807, 2.05) is 12.1 Å². The molecule has 1 aromatic heterocycles. The van der Waals surface area contributed by atoms with E-state index in [-0.39, 0.29) is 11.0 Å². The number of sulfonamides is 1. The van der Waals surface area contributed by atoms with Gasteiger partial charge in [0.05, 0.1) is 16.7 Å². The summed E-state index contributed by atoms with van der Waals surface area (Å²) in [5.41, 5.74) is 1.34. The largest absolute Gasteiger partial charge is 0.488 e. The second kappa shape index (κ2) is 9.72. The van der Waals surface area contributed by atoms with Gasteiger partial charge in [0.1, 0.15) is 23.7 Å². The van der Waals surface area contributed by atoms with Crippen LogP contribution in [-0.4, -0.2) is 31.5 Å². The Morgan fingerprint density at radius 3 is 2.34 bits per heavy atom. The Bertz CT molecular complexity index is 1180. The number of nitrogens with zero attached hydrogens (tertiary/aromatic N) is 2. The van der Waals surface area contributed by atoms with Crippen LogP contribution in [0.3, 0.4) is 0 Å².